The second-order valence-electron chi connectivity index (χ2n) is 8.34. The molecule has 0 aromatic rings. The van der Waals surface area contributed by atoms with Gasteiger partial charge in [0, 0.05) is 0 Å². The van der Waals surface area contributed by atoms with Crippen LogP contribution >= 0.6 is 0 Å². The SMILES string of the molecule is CCCCC(CC)C(=O)O[B-](OC(=O)C(CC)CCCC)OC(=O)C(CC)CCCC. The molecule has 0 saturated heterocycles. The average molecular weight is 440 g/mol. The number of unbranched alkanes of at least 4 members (excludes halogenated alkanes) is 3. The summed E-state index contributed by atoms with van der Waals surface area (Å²) in [5, 5.41) is 0. The standard InChI is InChI=1S/C24H45BO6/c1-7-13-16-19(10-4)22(26)29-25(30-23(27)20(11-5)17-14-8-2)31-24(28)21(12-6)18-15-9-3/h19-21H,7-18H2,1-6H3/q-1. The van der Waals surface area contributed by atoms with Crippen molar-refractivity contribution in [2.75, 3.05) is 0 Å². The zero-order valence-electron chi connectivity index (χ0n) is 20.7. The van der Waals surface area contributed by atoms with E-state index in [4.69, 9.17) is 14.0 Å². The molecule has 0 spiro atoms. The van der Waals surface area contributed by atoms with E-state index < -0.39 is 25.2 Å². The van der Waals surface area contributed by atoms with Gasteiger partial charge in [0.2, 0.25) is 0 Å². The van der Waals surface area contributed by atoms with Crippen molar-refractivity contribution < 1.29 is 28.3 Å². The molecule has 3 unspecified atom stereocenters. The van der Waals surface area contributed by atoms with Crippen LogP contribution in [0.3, 0.4) is 0 Å². The van der Waals surface area contributed by atoms with Crippen molar-refractivity contribution in [3.63, 3.8) is 0 Å². The highest BCUT2D eigenvalue weighted by Crippen LogP contribution is 2.20. The predicted molar refractivity (Wildman–Crippen MR) is 124 cm³/mol. The van der Waals surface area contributed by atoms with Crippen LogP contribution in [0.25, 0.3) is 0 Å². The maximum Gasteiger partial charge on any atom is 0.526 e. The van der Waals surface area contributed by atoms with E-state index in [9.17, 15) is 14.4 Å². The Kier molecular flexibility index (Phi) is 17.2. The maximum atomic E-state index is 12.7. The zero-order valence-corrected chi connectivity index (χ0v) is 20.7. The number of carbonyl (C=O) groups is 3. The van der Waals surface area contributed by atoms with Crippen LogP contribution in [0.2, 0.25) is 0 Å². The van der Waals surface area contributed by atoms with E-state index in [1.165, 1.54) is 0 Å². The minimum atomic E-state index is -1.62. The topological polar surface area (TPSA) is 78.9 Å². The van der Waals surface area contributed by atoms with Gasteiger partial charge in [-0.25, -0.2) is 0 Å². The molecule has 0 bridgehead atoms. The second-order valence-corrected chi connectivity index (χ2v) is 8.34. The molecule has 0 aliphatic carbocycles. The van der Waals surface area contributed by atoms with Gasteiger partial charge in [-0.3, -0.25) is 14.4 Å². The first-order valence-electron chi connectivity index (χ1n) is 12.5. The van der Waals surface area contributed by atoms with Crippen molar-refractivity contribution in [1.82, 2.24) is 0 Å². The van der Waals surface area contributed by atoms with Crippen LogP contribution in [-0.2, 0) is 28.3 Å². The smallest absolute Gasteiger partial charge is 0.526 e. The summed E-state index contributed by atoms with van der Waals surface area (Å²) in [5.74, 6) is -2.35. The Labute approximate surface area is 190 Å². The van der Waals surface area contributed by atoms with Gasteiger partial charge in [-0.15, -0.1) is 0 Å². The number of rotatable bonds is 18. The lowest BCUT2D eigenvalue weighted by Gasteiger charge is -2.33. The molecule has 0 aromatic heterocycles. The van der Waals surface area contributed by atoms with Gasteiger partial charge < -0.3 is 14.0 Å². The van der Waals surface area contributed by atoms with Gasteiger partial charge in [0.05, 0.1) is 17.8 Å². The van der Waals surface area contributed by atoms with Crippen LogP contribution in [0, 0.1) is 17.8 Å². The lowest BCUT2D eigenvalue weighted by atomic mass is 9.97. The quantitative estimate of drug-likeness (QED) is 0.234. The first-order chi connectivity index (χ1) is 14.9. The molecular formula is C24H45BO6-. The number of hydrogen-bond donors (Lipinski definition) is 0. The third-order valence-corrected chi connectivity index (χ3v) is 5.83. The molecule has 0 saturated carbocycles. The molecule has 0 N–H and O–H groups in total. The molecule has 0 heterocycles. The van der Waals surface area contributed by atoms with Crippen molar-refractivity contribution in [2.24, 2.45) is 17.8 Å². The lowest BCUT2D eigenvalue weighted by molar-refractivity contribution is -0.153. The number of carbonyl (C=O) groups excluding carboxylic acids is 3. The molecule has 0 aliphatic rings. The molecule has 0 aliphatic heterocycles. The molecule has 7 heteroatoms. The fraction of sp³-hybridized carbons (Fsp3) is 0.875. The molecule has 0 rings (SSSR count). The largest absolute Gasteiger partial charge is 0.642 e. The fourth-order valence-corrected chi connectivity index (χ4v) is 3.46. The summed E-state index contributed by atoms with van der Waals surface area (Å²) in [6.45, 7) is 11.9. The van der Waals surface area contributed by atoms with E-state index in [2.05, 4.69) is 20.8 Å². The van der Waals surface area contributed by atoms with Gasteiger partial charge in [-0.2, -0.15) is 0 Å². The number of hydrogen-bond acceptors (Lipinski definition) is 6. The van der Waals surface area contributed by atoms with Crippen molar-refractivity contribution >= 4 is 25.2 Å². The summed E-state index contributed by atoms with van der Waals surface area (Å²) in [4.78, 5) is 38.0. The summed E-state index contributed by atoms with van der Waals surface area (Å²) in [6, 6.07) is 0. The first kappa shape index (κ1) is 29.5. The Bertz CT molecular complexity index is 439. The van der Waals surface area contributed by atoms with E-state index in [0.717, 1.165) is 38.5 Å². The van der Waals surface area contributed by atoms with Crippen LogP contribution in [0.1, 0.15) is 119 Å². The Morgan fingerprint density at radius 2 is 0.806 bits per heavy atom. The summed E-state index contributed by atoms with van der Waals surface area (Å²) < 4.78 is 16.2. The molecule has 0 amide bonds. The normalized spacial score (nSPS) is 14.0. The minimum absolute atomic E-state index is 0.302. The summed E-state index contributed by atoms with van der Waals surface area (Å²) in [7, 11) is -1.62. The lowest BCUT2D eigenvalue weighted by Crippen LogP contribution is -2.39. The van der Waals surface area contributed by atoms with Gasteiger partial charge in [-0.05, 0) is 38.5 Å². The molecule has 0 fully saturated rings. The maximum absolute atomic E-state index is 12.7. The molecule has 181 valence electrons. The van der Waals surface area contributed by atoms with Gasteiger partial charge in [0.25, 0.3) is 17.9 Å². The van der Waals surface area contributed by atoms with Crippen molar-refractivity contribution in [1.29, 1.82) is 0 Å². The third-order valence-electron chi connectivity index (χ3n) is 5.83. The van der Waals surface area contributed by atoms with Gasteiger partial charge in [-0.1, -0.05) is 80.1 Å². The molecular weight excluding hydrogens is 395 g/mol. The fourth-order valence-electron chi connectivity index (χ4n) is 3.46. The van der Waals surface area contributed by atoms with E-state index in [1.54, 1.807) is 0 Å². The van der Waals surface area contributed by atoms with Crippen LogP contribution < -0.4 is 0 Å². The van der Waals surface area contributed by atoms with Gasteiger partial charge in [0.1, 0.15) is 0 Å². The Hall–Kier alpha value is -1.53. The highest BCUT2D eigenvalue weighted by Gasteiger charge is 2.27. The minimum Gasteiger partial charge on any atom is -0.642 e. The Balaban J connectivity index is 5.32. The van der Waals surface area contributed by atoms with Gasteiger partial charge in [0.15, 0.2) is 0 Å². The van der Waals surface area contributed by atoms with Crippen LogP contribution in [-0.4, -0.2) is 25.2 Å². The Morgan fingerprint density at radius 1 is 0.548 bits per heavy atom. The van der Waals surface area contributed by atoms with E-state index in [-0.39, 0.29) is 17.8 Å². The third kappa shape index (κ3) is 12.2. The van der Waals surface area contributed by atoms with Gasteiger partial charge >= 0.3 is 7.32 Å². The van der Waals surface area contributed by atoms with Crippen LogP contribution in [0.5, 0.6) is 0 Å². The molecule has 6 nitrogen and oxygen atoms in total. The highest BCUT2D eigenvalue weighted by molar-refractivity contribution is 6.44. The first-order valence-corrected chi connectivity index (χ1v) is 12.5. The van der Waals surface area contributed by atoms with E-state index in [0.29, 0.717) is 38.5 Å². The molecule has 31 heavy (non-hydrogen) atoms. The summed E-state index contributed by atoms with van der Waals surface area (Å²) >= 11 is 0. The van der Waals surface area contributed by atoms with Crippen LogP contribution in [0.4, 0.5) is 0 Å². The molecule has 3 atom stereocenters. The zero-order chi connectivity index (χ0) is 23.6. The van der Waals surface area contributed by atoms with E-state index >= 15 is 0 Å². The van der Waals surface area contributed by atoms with E-state index in [1.807, 2.05) is 20.8 Å². The Morgan fingerprint density at radius 3 is 1.00 bits per heavy atom. The second kappa shape index (κ2) is 18.1. The molecule has 0 aromatic carbocycles. The van der Waals surface area contributed by atoms with Crippen molar-refractivity contribution in [3.05, 3.63) is 0 Å². The summed E-state index contributed by atoms with van der Waals surface area (Å²) in [5.41, 5.74) is 0. The van der Waals surface area contributed by atoms with Crippen molar-refractivity contribution in [3.8, 4) is 0 Å². The monoisotopic (exact) mass is 440 g/mol. The average Bonchev–Trinajstić information content (AvgIpc) is 2.75. The predicted octanol–water partition coefficient (Wildman–Crippen LogP) is 6.25. The summed E-state index contributed by atoms with van der Waals surface area (Å²) in [6.07, 6.45) is 9.59. The van der Waals surface area contributed by atoms with Crippen molar-refractivity contribution in [2.45, 2.75) is 119 Å². The molecule has 1 radical (unpaired) electrons. The highest BCUT2D eigenvalue weighted by atomic mass is 16.8. The van der Waals surface area contributed by atoms with Crippen LogP contribution in [0.15, 0.2) is 0 Å².